The van der Waals surface area contributed by atoms with E-state index in [9.17, 15) is 10.1 Å². The lowest BCUT2D eigenvalue weighted by Gasteiger charge is -2.09. The third kappa shape index (κ3) is 3.44. The molecule has 1 N–H and O–H groups in total. The highest BCUT2D eigenvalue weighted by atomic mass is 127. The molecular formula is C14H13IN2O2. The van der Waals surface area contributed by atoms with Crippen molar-refractivity contribution in [1.29, 1.82) is 0 Å². The number of rotatable bonds is 4. The van der Waals surface area contributed by atoms with Crippen molar-refractivity contribution in [3.05, 3.63) is 67.3 Å². The first kappa shape index (κ1) is 13.8. The lowest BCUT2D eigenvalue weighted by atomic mass is 10.1. The van der Waals surface area contributed by atoms with Crippen molar-refractivity contribution in [2.75, 3.05) is 5.32 Å². The van der Waals surface area contributed by atoms with Crippen LogP contribution in [0.15, 0.2) is 42.5 Å². The molecule has 0 fully saturated rings. The summed E-state index contributed by atoms with van der Waals surface area (Å²) in [6, 6.07) is 13.3. The Kier molecular flexibility index (Phi) is 4.36. The van der Waals surface area contributed by atoms with E-state index >= 15 is 0 Å². The molecule has 0 amide bonds. The molecule has 0 aliphatic carbocycles. The highest BCUT2D eigenvalue weighted by Gasteiger charge is 2.10. The van der Waals surface area contributed by atoms with Gasteiger partial charge in [-0.05, 0) is 47.2 Å². The average molecular weight is 368 g/mol. The highest BCUT2D eigenvalue weighted by molar-refractivity contribution is 14.1. The van der Waals surface area contributed by atoms with E-state index in [0.717, 1.165) is 14.8 Å². The van der Waals surface area contributed by atoms with Gasteiger partial charge in [-0.1, -0.05) is 24.3 Å². The molecule has 5 heteroatoms. The summed E-state index contributed by atoms with van der Waals surface area (Å²) in [7, 11) is 0. The smallest absolute Gasteiger partial charge is 0.272 e. The van der Waals surface area contributed by atoms with Crippen molar-refractivity contribution in [1.82, 2.24) is 0 Å². The summed E-state index contributed by atoms with van der Waals surface area (Å²) >= 11 is 2.26. The van der Waals surface area contributed by atoms with E-state index in [0.29, 0.717) is 12.1 Å². The molecule has 2 aromatic rings. The number of hydrogen-bond acceptors (Lipinski definition) is 3. The van der Waals surface area contributed by atoms with E-state index in [1.54, 1.807) is 19.1 Å². The number of aryl methyl sites for hydroxylation is 1. The summed E-state index contributed by atoms with van der Waals surface area (Å²) in [5, 5.41) is 14.2. The first-order valence-corrected chi connectivity index (χ1v) is 6.88. The fraction of sp³-hybridized carbons (Fsp3) is 0.143. The molecule has 4 nitrogen and oxygen atoms in total. The number of para-hydroxylation sites is 1. The van der Waals surface area contributed by atoms with Gasteiger partial charge in [-0.15, -0.1) is 0 Å². The zero-order valence-corrected chi connectivity index (χ0v) is 12.5. The number of nitro benzene ring substituents is 1. The Morgan fingerprint density at radius 2 is 2.00 bits per heavy atom. The van der Waals surface area contributed by atoms with E-state index in [2.05, 4.69) is 27.9 Å². The monoisotopic (exact) mass is 368 g/mol. The number of anilines is 1. The summed E-state index contributed by atoms with van der Waals surface area (Å²) in [6.45, 7) is 2.32. The second kappa shape index (κ2) is 6.01. The van der Waals surface area contributed by atoms with Gasteiger partial charge < -0.3 is 5.32 Å². The van der Waals surface area contributed by atoms with Gasteiger partial charge in [-0.2, -0.15) is 0 Å². The summed E-state index contributed by atoms with van der Waals surface area (Å²) in [4.78, 5) is 10.5. The SMILES string of the molecule is Cc1ccc(CNc2ccccc2I)cc1[N+](=O)[O-]. The number of benzene rings is 2. The maximum absolute atomic E-state index is 10.9. The Hall–Kier alpha value is -1.63. The number of nitro groups is 1. The Labute approximate surface area is 125 Å². The van der Waals surface area contributed by atoms with Crippen LogP contribution in [0, 0.1) is 20.6 Å². The van der Waals surface area contributed by atoms with Crippen LogP contribution >= 0.6 is 22.6 Å². The van der Waals surface area contributed by atoms with Crippen LogP contribution < -0.4 is 5.32 Å². The van der Waals surface area contributed by atoms with Gasteiger partial charge in [0.05, 0.1) is 4.92 Å². The van der Waals surface area contributed by atoms with Crippen molar-refractivity contribution in [3.63, 3.8) is 0 Å². The maximum atomic E-state index is 10.9. The molecule has 0 heterocycles. The fourth-order valence-corrected chi connectivity index (χ4v) is 2.34. The third-order valence-corrected chi connectivity index (χ3v) is 3.77. The fourth-order valence-electron chi connectivity index (χ4n) is 1.76. The molecule has 0 atom stereocenters. The van der Waals surface area contributed by atoms with Crippen molar-refractivity contribution in [2.45, 2.75) is 13.5 Å². The average Bonchev–Trinajstić information content (AvgIpc) is 2.39. The van der Waals surface area contributed by atoms with Gasteiger partial charge >= 0.3 is 0 Å². The molecule has 19 heavy (non-hydrogen) atoms. The third-order valence-electron chi connectivity index (χ3n) is 2.83. The molecule has 0 aliphatic rings. The van der Waals surface area contributed by atoms with E-state index in [1.165, 1.54) is 0 Å². The Morgan fingerprint density at radius 3 is 2.68 bits per heavy atom. The molecule has 98 valence electrons. The van der Waals surface area contributed by atoms with Crippen molar-refractivity contribution < 1.29 is 4.92 Å². The summed E-state index contributed by atoms with van der Waals surface area (Å²) in [5.74, 6) is 0. The summed E-state index contributed by atoms with van der Waals surface area (Å²) in [6.07, 6.45) is 0. The van der Waals surface area contributed by atoms with Crippen LogP contribution in [0.4, 0.5) is 11.4 Å². The molecule has 0 aliphatic heterocycles. The van der Waals surface area contributed by atoms with Crippen LogP contribution in [0.2, 0.25) is 0 Å². The molecule has 0 radical (unpaired) electrons. The Morgan fingerprint density at radius 1 is 1.26 bits per heavy atom. The Bertz CT molecular complexity index is 614. The number of halogens is 1. The van der Waals surface area contributed by atoms with Gasteiger partial charge in [0.1, 0.15) is 0 Å². The van der Waals surface area contributed by atoms with Crippen molar-refractivity contribution in [2.24, 2.45) is 0 Å². The largest absolute Gasteiger partial charge is 0.380 e. The van der Waals surface area contributed by atoms with E-state index < -0.39 is 0 Å². The summed E-state index contributed by atoms with van der Waals surface area (Å²) in [5.41, 5.74) is 2.79. The van der Waals surface area contributed by atoms with Crippen LogP contribution in [-0.4, -0.2) is 4.92 Å². The topological polar surface area (TPSA) is 55.2 Å². The number of nitrogens with zero attached hydrogens (tertiary/aromatic N) is 1. The standard InChI is InChI=1S/C14H13IN2O2/c1-10-6-7-11(8-14(10)17(18)19)9-16-13-5-3-2-4-12(13)15/h2-8,16H,9H2,1H3. The van der Waals surface area contributed by atoms with Crippen LogP contribution in [0.1, 0.15) is 11.1 Å². The van der Waals surface area contributed by atoms with Gasteiger partial charge in [-0.3, -0.25) is 10.1 Å². The lowest BCUT2D eigenvalue weighted by molar-refractivity contribution is -0.385. The molecule has 0 saturated heterocycles. The van der Waals surface area contributed by atoms with Crippen LogP contribution in [0.5, 0.6) is 0 Å². The van der Waals surface area contributed by atoms with Gasteiger partial charge in [0.15, 0.2) is 0 Å². The molecule has 0 saturated carbocycles. The van der Waals surface area contributed by atoms with Crippen LogP contribution in [-0.2, 0) is 6.54 Å². The first-order valence-electron chi connectivity index (χ1n) is 5.80. The predicted octanol–water partition coefficient (Wildman–Crippen LogP) is 4.12. The quantitative estimate of drug-likeness (QED) is 0.502. The van der Waals surface area contributed by atoms with Gasteiger partial charge in [0.25, 0.3) is 5.69 Å². The number of hydrogen-bond donors (Lipinski definition) is 1. The Balaban J connectivity index is 2.14. The molecule has 2 aromatic carbocycles. The molecular weight excluding hydrogens is 355 g/mol. The molecule has 0 spiro atoms. The molecule has 0 unspecified atom stereocenters. The van der Waals surface area contributed by atoms with Crippen molar-refractivity contribution in [3.8, 4) is 0 Å². The predicted molar refractivity (Wildman–Crippen MR) is 84.3 cm³/mol. The van der Waals surface area contributed by atoms with Gasteiger partial charge in [0.2, 0.25) is 0 Å². The second-order valence-corrected chi connectivity index (χ2v) is 5.37. The van der Waals surface area contributed by atoms with Gasteiger partial charge in [0, 0.05) is 27.4 Å². The highest BCUT2D eigenvalue weighted by Crippen LogP contribution is 2.21. The van der Waals surface area contributed by atoms with E-state index in [-0.39, 0.29) is 10.6 Å². The molecule has 0 aromatic heterocycles. The van der Waals surface area contributed by atoms with Crippen molar-refractivity contribution >= 4 is 34.0 Å². The minimum absolute atomic E-state index is 0.169. The zero-order valence-electron chi connectivity index (χ0n) is 10.4. The molecule has 0 bridgehead atoms. The second-order valence-electron chi connectivity index (χ2n) is 4.21. The van der Waals surface area contributed by atoms with Crippen LogP contribution in [0.25, 0.3) is 0 Å². The maximum Gasteiger partial charge on any atom is 0.272 e. The minimum Gasteiger partial charge on any atom is -0.380 e. The van der Waals surface area contributed by atoms with Gasteiger partial charge in [-0.25, -0.2) is 0 Å². The summed E-state index contributed by atoms with van der Waals surface area (Å²) < 4.78 is 1.13. The first-order chi connectivity index (χ1) is 9.08. The normalized spacial score (nSPS) is 10.2. The van der Waals surface area contributed by atoms with Crippen LogP contribution in [0.3, 0.4) is 0 Å². The molecule has 2 rings (SSSR count). The number of nitrogens with one attached hydrogen (secondary N) is 1. The lowest BCUT2D eigenvalue weighted by Crippen LogP contribution is -2.02. The minimum atomic E-state index is -0.342. The zero-order chi connectivity index (χ0) is 13.8. The van der Waals surface area contributed by atoms with E-state index in [1.807, 2.05) is 30.3 Å². The van der Waals surface area contributed by atoms with E-state index in [4.69, 9.17) is 0 Å².